The highest BCUT2D eigenvalue weighted by atomic mass is 32.2. The number of hydrogen-bond donors (Lipinski definition) is 12. The molecule has 2 saturated heterocycles. The molecule has 4 aliphatic rings. The molecular weight excluding hydrogens is 1280 g/mol. The molecule has 4 bridgehead atoms. The second-order valence-corrected chi connectivity index (χ2v) is 26.2. The number of unbranched alkanes of at least 4 members (excludes halogenated alkanes) is 1. The lowest BCUT2D eigenvalue weighted by Crippen LogP contribution is -2.62. The Morgan fingerprint density at radius 1 is 0.674 bits per heavy atom. The Balaban J connectivity index is 1.58. The van der Waals surface area contributed by atoms with Crippen LogP contribution >= 0.6 is 23.5 Å². The number of carboxylic acid groups (broad SMARTS) is 1. The van der Waals surface area contributed by atoms with Gasteiger partial charge in [-0.05, 0) is 133 Å². The Bertz CT molecular complexity index is 2890. The lowest BCUT2D eigenvalue weighted by atomic mass is 10.0. The molecule has 32 nitrogen and oxygen atoms in total. The minimum atomic E-state index is -1.87. The van der Waals surface area contributed by atoms with Crippen molar-refractivity contribution in [3.05, 3.63) is 29.3 Å². The fourth-order valence-corrected chi connectivity index (χ4v) is 13.0. The highest BCUT2D eigenvalue weighted by molar-refractivity contribution is 7.98. The van der Waals surface area contributed by atoms with Crippen LogP contribution in [0.2, 0.25) is 0 Å². The average Bonchev–Trinajstić information content (AvgIpc) is 1.76. The van der Waals surface area contributed by atoms with Crippen LogP contribution in [0.1, 0.15) is 135 Å². The molecule has 4 heterocycles. The number of aliphatic hydroxyl groups excluding tert-OH is 1. The Hall–Kier alpha value is -7.82. The monoisotopic (exact) mass is 1380 g/mol. The first-order valence-electron chi connectivity index (χ1n) is 32.0. The van der Waals surface area contributed by atoms with Crippen molar-refractivity contribution in [3.63, 3.8) is 0 Å². The number of nitrogens with zero attached hydrogens (tertiary/aromatic N) is 3. The van der Waals surface area contributed by atoms with Crippen molar-refractivity contribution in [2.75, 3.05) is 51.5 Å². The smallest absolute Gasteiger partial charge is 0.344 e. The first-order valence-corrected chi connectivity index (χ1v) is 34.3. The van der Waals surface area contributed by atoms with E-state index < -0.39 is 163 Å². The van der Waals surface area contributed by atoms with Gasteiger partial charge in [0.15, 0.2) is 0 Å². The maximum atomic E-state index is 15.1. The SMILES string of the molecule is COOC(=O)C[C@@H]1NC(=O)[C@H](CC(C)C)NC(=O)[C@@H]2CCCN2C(=O)[C@@H]2CSCc3cc(cc(c3)OCCCCCCO/N=C/C(=O)N[C@@H](CCCCN)C(=O)N2)CSC[C@@H](C(N)=O)NC(=O)[C@H](CCC(=O)O)NC(=O)[C@H](C)NC(=O)[C@@H]2CCCN2C(=O)[C@H]([C@@H](C)O)NC1=O. The number of benzene rings is 1. The molecule has 14 N–H and O–H groups in total. The minimum Gasteiger partial charge on any atom is -0.494 e. The zero-order valence-corrected chi connectivity index (χ0v) is 56.0. The van der Waals surface area contributed by atoms with Crippen LogP contribution in [0.5, 0.6) is 5.75 Å². The first-order chi connectivity index (χ1) is 45.3. The summed E-state index contributed by atoms with van der Waals surface area (Å²) in [6.07, 6.45) is 1.72. The second kappa shape index (κ2) is 39.9. The van der Waals surface area contributed by atoms with E-state index >= 15 is 4.79 Å². The Labute approximate surface area is 559 Å². The predicted octanol–water partition coefficient (Wildman–Crippen LogP) is -1.60. The number of fused-ring (bicyclic) bond motifs is 7. The van der Waals surface area contributed by atoms with Gasteiger partial charge in [0.1, 0.15) is 79.0 Å². The maximum absolute atomic E-state index is 15.1. The van der Waals surface area contributed by atoms with E-state index in [1.807, 2.05) is 12.1 Å². The predicted molar refractivity (Wildman–Crippen MR) is 346 cm³/mol. The summed E-state index contributed by atoms with van der Waals surface area (Å²) in [5.74, 6) is -11.8. The van der Waals surface area contributed by atoms with Crippen molar-refractivity contribution < 1.29 is 91.9 Å². The van der Waals surface area contributed by atoms with E-state index in [1.54, 1.807) is 19.9 Å². The van der Waals surface area contributed by atoms with Crippen molar-refractivity contribution in [1.82, 2.24) is 52.3 Å². The van der Waals surface area contributed by atoms with Crippen LogP contribution < -0.4 is 58.7 Å². The van der Waals surface area contributed by atoms with E-state index in [9.17, 15) is 67.7 Å². The molecule has 1 aromatic carbocycles. The van der Waals surface area contributed by atoms with E-state index in [2.05, 4.69) is 57.5 Å². The van der Waals surface area contributed by atoms with Crippen LogP contribution in [0.4, 0.5) is 0 Å². The van der Waals surface area contributed by atoms with Crippen molar-refractivity contribution in [2.45, 2.75) is 202 Å². The summed E-state index contributed by atoms with van der Waals surface area (Å²) in [5.41, 5.74) is 13.0. The molecule has 0 spiro atoms. The van der Waals surface area contributed by atoms with Crippen LogP contribution in [0.15, 0.2) is 23.4 Å². The van der Waals surface area contributed by atoms with Gasteiger partial charge in [-0.2, -0.15) is 28.4 Å². The van der Waals surface area contributed by atoms with Gasteiger partial charge in [-0.1, -0.05) is 25.1 Å². The van der Waals surface area contributed by atoms with Crippen LogP contribution in [0, 0.1) is 5.92 Å². The number of primary amides is 1. The van der Waals surface area contributed by atoms with Crippen molar-refractivity contribution in [3.8, 4) is 5.75 Å². The third-order valence-electron chi connectivity index (χ3n) is 15.9. The third-order valence-corrected chi connectivity index (χ3v) is 18.1. The molecule has 11 amide bonds. The summed E-state index contributed by atoms with van der Waals surface area (Å²) in [6, 6.07) is -9.00. The normalized spacial score (nSPS) is 26.8. The lowest BCUT2D eigenvalue weighted by molar-refractivity contribution is -0.255. The molecule has 528 valence electrons. The van der Waals surface area contributed by atoms with Crippen LogP contribution in [-0.4, -0.2) is 221 Å². The molecule has 0 saturated carbocycles. The van der Waals surface area contributed by atoms with E-state index in [0.717, 1.165) is 38.0 Å². The Morgan fingerprint density at radius 3 is 1.87 bits per heavy atom. The summed E-state index contributed by atoms with van der Waals surface area (Å²) in [6.45, 7) is 6.70. The molecule has 4 aliphatic heterocycles. The Morgan fingerprint density at radius 2 is 1.25 bits per heavy atom. The highest BCUT2D eigenvalue weighted by Gasteiger charge is 2.43. The van der Waals surface area contributed by atoms with Gasteiger partial charge in [-0.3, -0.25) is 62.4 Å². The van der Waals surface area contributed by atoms with Gasteiger partial charge >= 0.3 is 11.9 Å². The number of ether oxygens (including phenoxy) is 1. The van der Waals surface area contributed by atoms with E-state index in [4.69, 9.17) is 21.0 Å². The molecule has 0 unspecified atom stereocenters. The largest absolute Gasteiger partial charge is 0.494 e. The number of carboxylic acids is 1. The quantitative estimate of drug-likeness (QED) is 0.0567. The summed E-state index contributed by atoms with van der Waals surface area (Å²) < 4.78 is 6.26. The molecule has 11 atom stereocenters. The van der Waals surface area contributed by atoms with Crippen LogP contribution in [0.3, 0.4) is 0 Å². The highest BCUT2D eigenvalue weighted by Crippen LogP contribution is 2.28. The van der Waals surface area contributed by atoms with Gasteiger partial charge < -0.3 is 83.6 Å². The molecule has 34 heteroatoms. The molecule has 1 aromatic rings. The topological polar surface area (TPSA) is 466 Å². The van der Waals surface area contributed by atoms with Gasteiger partial charge in [0.05, 0.1) is 26.2 Å². The number of carbonyl (C=O) groups excluding carboxylic acids is 12. The molecular formula is C61H93N13O19S2. The second-order valence-electron chi connectivity index (χ2n) is 24.1. The lowest BCUT2D eigenvalue weighted by Gasteiger charge is -2.32. The number of hydrogen-bond acceptors (Lipinski definition) is 22. The summed E-state index contributed by atoms with van der Waals surface area (Å²) >= 11 is 2.46. The molecule has 95 heavy (non-hydrogen) atoms. The van der Waals surface area contributed by atoms with Gasteiger partial charge in [-0.25, -0.2) is 4.79 Å². The van der Waals surface area contributed by atoms with E-state index in [1.165, 1.54) is 35.3 Å². The average molecular weight is 1380 g/mol. The summed E-state index contributed by atoms with van der Waals surface area (Å²) in [5, 5.41) is 45.0. The number of rotatable bonds is 14. The number of carbonyl (C=O) groups is 13. The van der Waals surface area contributed by atoms with Gasteiger partial charge in [-0.15, -0.1) is 0 Å². The van der Waals surface area contributed by atoms with Crippen molar-refractivity contribution in [2.24, 2.45) is 22.5 Å². The van der Waals surface area contributed by atoms with Crippen molar-refractivity contribution >= 4 is 107 Å². The fourth-order valence-electron chi connectivity index (χ4n) is 11.0. The van der Waals surface area contributed by atoms with E-state index in [-0.39, 0.29) is 80.7 Å². The number of amides is 11. The number of nitrogens with one attached hydrogen (secondary N) is 8. The van der Waals surface area contributed by atoms with Crippen LogP contribution in [-0.2, 0) is 88.4 Å². The molecule has 0 radical (unpaired) electrons. The zero-order valence-electron chi connectivity index (χ0n) is 54.4. The molecule has 2 fully saturated rings. The van der Waals surface area contributed by atoms with Gasteiger partial charge in [0.25, 0.3) is 5.91 Å². The van der Waals surface area contributed by atoms with Crippen LogP contribution in [0.25, 0.3) is 0 Å². The van der Waals surface area contributed by atoms with Crippen molar-refractivity contribution in [1.29, 1.82) is 0 Å². The number of oxime groups is 1. The number of thioether (sulfide) groups is 2. The maximum Gasteiger partial charge on any atom is 0.344 e. The summed E-state index contributed by atoms with van der Waals surface area (Å²) in [4.78, 5) is 197. The zero-order chi connectivity index (χ0) is 69.7. The third kappa shape index (κ3) is 25.7. The standard InChI is InChI=1S/C61H93N13O19S2/c1-34(2)24-42-56(84)68-43(28-50(79)93-90-5)57(85)72-51(36(4)75)61(89)74-21-13-15-46(74)58(86)65-35(3)53(81)67-41(17-18-49(77)78)55(83)70-44(52(63)80)32-94-30-37-25-38-27-39(26-37)91-22-10-6-7-11-23-92-64-29-48(76)66-40(14-8-9-19-62)54(82)71-45(33-95-31-38)60(88)73-20-12-16-47(73)59(87)69-42/h25-27,29,34-36,40-47,51,75H,6-24,28,30-33,62H2,1-5H3,(H2,63,80)(H,65,86)(H,66,76)(H,67,81)(H,68,84)(H,69,87)(H,70,83)(H,71,82)(H,72,85)(H,77,78)/b64-29+/t35-,36+,40-,41-,42-,43-,44-,45-,46-,47-,51-/m0/s1. The molecule has 0 aliphatic carbocycles. The molecule has 5 rings (SSSR count). The Kier molecular flexibility index (Phi) is 32.7. The summed E-state index contributed by atoms with van der Waals surface area (Å²) in [7, 11) is 1.01. The first kappa shape index (κ1) is 77.9. The van der Waals surface area contributed by atoms with Gasteiger partial charge in [0, 0.05) is 42.5 Å². The minimum absolute atomic E-state index is 0.0414. The number of aliphatic hydroxyl groups is 1. The van der Waals surface area contributed by atoms with E-state index in [0.29, 0.717) is 62.1 Å². The number of nitrogens with two attached hydrogens (primary N) is 2. The molecule has 0 aromatic heterocycles. The fraction of sp³-hybridized carbons (Fsp3) is 0.672. The number of aliphatic carboxylic acids is 1. The van der Waals surface area contributed by atoms with Gasteiger partial charge in [0.2, 0.25) is 59.1 Å².